The van der Waals surface area contributed by atoms with Gasteiger partial charge < -0.3 is 5.32 Å². The number of aryl methyl sites for hydroxylation is 2. The first-order valence-electron chi connectivity index (χ1n) is 8.06. The van der Waals surface area contributed by atoms with Crippen molar-refractivity contribution in [3.63, 3.8) is 0 Å². The second kappa shape index (κ2) is 7.81. The molecule has 128 valence electrons. The molecule has 0 aliphatic heterocycles. The van der Waals surface area contributed by atoms with Crippen molar-refractivity contribution in [1.29, 1.82) is 0 Å². The summed E-state index contributed by atoms with van der Waals surface area (Å²) in [7, 11) is 0. The standard InChI is InChI=1S/C20H19ClN2OS/c1-13-7-9-15(10-8-13)11-19(24)22-12-18-14(2)23-20(25-18)16-5-3-4-6-17(16)21/h3-10H,11-12H2,1-2H3,(H,22,24). The molecule has 3 rings (SSSR count). The van der Waals surface area contributed by atoms with Gasteiger partial charge in [0.25, 0.3) is 0 Å². The summed E-state index contributed by atoms with van der Waals surface area (Å²) in [6.07, 6.45) is 0.384. The summed E-state index contributed by atoms with van der Waals surface area (Å²) >= 11 is 7.81. The van der Waals surface area contributed by atoms with Crippen LogP contribution in [0.15, 0.2) is 48.5 Å². The number of aromatic nitrogens is 1. The van der Waals surface area contributed by atoms with Gasteiger partial charge in [-0.15, -0.1) is 11.3 Å². The normalized spacial score (nSPS) is 10.7. The van der Waals surface area contributed by atoms with Gasteiger partial charge in [-0.25, -0.2) is 4.98 Å². The molecule has 2 aromatic carbocycles. The molecule has 1 heterocycles. The largest absolute Gasteiger partial charge is 0.351 e. The molecule has 0 unspecified atom stereocenters. The van der Waals surface area contributed by atoms with E-state index in [2.05, 4.69) is 10.3 Å². The molecule has 0 bridgehead atoms. The first kappa shape index (κ1) is 17.6. The Kier molecular flexibility index (Phi) is 5.51. The Bertz CT molecular complexity index is 887. The van der Waals surface area contributed by atoms with Gasteiger partial charge >= 0.3 is 0 Å². The number of rotatable bonds is 5. The van der Waals surface area contributed by atoms with Gasteiger partial charge in [0, 0.05) is 10.4 Å². The smallest absolute Gasteiger partial charge is 0.224 e. The van der Waals surface area contributed by atoms with Crippen LogP contribution in [0, 0.1) is 13.8 Å². The van der Waals surface area contributed by atoms with Crippen LogP contribution in [0.2, 0.25) is 5.02 Å². The topological polar surface area (TPSA) is 42.0 Å². The van der Waals surface area contributed by atoms with E-state index in [1.54, 1.807) is 11.3 Å². The Morgan fingerprint density at radius 3 is 2.56 bits per heavy atom. The molecule has 0 fully saturated rings. The maximum atomic E-state index is 12.2. The quantitative estimate of drug-likeness (QED) is 0.691. The van der Waals surface area contributed by atoms with Crippen molar-refractivity contribution in [1.82, 2.24) is 10.3 Å². The minimum atomic E-state index is 0.0101. The Hall–Kier alpha value is -2.17. The van der Waals surface area contributed by atoms with Crippen LogP contribution in [-0.4, -0.2) is 10.9 Å². The summed E-state index contributed by atoms with van der Waals surface area (Å²) in [6, 6.07) is 15.7. The van der Waals surface area contributed by atoms with Gasteiger partial charge in [0.1, 0.15) is 5.01 Å². The SMILES string of the molecule is Cc1ccc(CC(=O)NCc2sc(-c3ccccc3Cl)nc2C)cc1. The van der Waals surface area contributed by atoms with Crippen molar-refractivity contribution < 1.29 is 4.79 Å². The molecule has 25 heavy (non-hydrogen) atoms. The highest BCUT2D eigenvalue weighted by Gasteiger charge is 2.12. The van der Waals surface area contributed by atoms with Crippen molar-refractivity contribution >= 4 is 28.8 Å². The van der Waals surface area contributed by atoms with Crippen LogP contribution in [0.1, 0.15) is 21.7 Å². The summed E-state index contributed by atoms with van der Waals surface area (Å²) in [5.41, 5.74) is 4.06. The Morgan fingerprint density at radius 2 is 1.84 bits per heavy atom. The predicted molar refractivity (Wildman–Crippen MR) is 104 cm³/mol. The zero-order valence-corrected chi connectivity index (χ0v) is 15.7. The highest BCUT2D eigenvalue weighted by Crippen LogP contribution is 2.32. The number of halogens is 1. The van der Waals surface area contributed by atoms with Crippen molar-refractivity contribution in [3.05, 3.63) is 75.3 Å². The lowest BCUT2D eigenvalue weighted by molar-refractivity contribution is -0.120. The summed E-state index contributed by atoms with van der Waals surface area (Å²) in [6.45, 7) is 4.48. The van der Waals surface area contributed by atoms with E-state index in [0.717, 1.165) is 26.7 Å². The van der Waals surface area contributed by atoms with Gasteiger partial charge in [-0.3, -0.25) is 4.79 Å². The zero-order valence-electron chi connectivity index (χ0n) is 14.2. The van der Waals surface area contributed by atoms with Gasteiger partial charge in [0.15, 0.2) is 0 Å². The number of amides is 1. The van der Waals surface area contributed by atoms with Gasteiger partial charge in [0.2, 0.25) is 5.91 Å². The third-order valence-corrected chi connectivity index (χ3v) is 5.45. The molecule has 3 aromatic rings. The molecule has 0 aliphatic rings. The first-order chi connectivity index (χ1) is 12.0. The number of hydrogen-bond acceptors (Lipinski definition) is 3. The molecule has 0 spiro atoms. The van der Waals surface area contributed by atoms with E-state index in [1.165, 1.54) is 5.56 Å². The molecular formula is C20H19ClN2OS. The van der Waals surface area contributed by atoms with Crippen LogP contribution in [0.4, 0.5) is 0 Å². The van der Waals surface area contributed by atoms with Crippen molar-refractivity contribution in [3.8, 4) is 10.6 Å². The lowest BCUT2D eigenvalue weighted by atomic mass is 10.1. The number of carbonyl (C=O) groups excluding carboxylic acids is 1. The van der Waals surface area contributed by atoms with Crippen LogP contribution in [-0.2, 0) is 17.8 Å². The lowest BCUT2D eigenvalue weighted by Gasteiger charge is -2.05. The van der Waals surface area contributed by atoms with Crippen molar-refractivity contribution in [2.24, 2.45) is 0 Å². The van der Waals surface area contributed by atoms with Gasteiger partial charge in [-0.05, 0) is 25.5 Å². The maximum Gasteiger partial charge on any atom is 0.224 e. The van der Waals surface area contributed by atoms with Crippen molar-refractivity contribution in [2.75, 3.05) is 0 Å². The maximum absolute atomic E-state index is 12.2. The van der Waals surface area contributed by atoms with E-state index in [4.69, 9.17) is 11.6 Å². The number of benzene rings is 2. The fourth-order valence-corrected chi connectivity index (χ4v) is 3.80. The molecule has 0 aliphatic carbocycles. The number of hydrogen-bond donors (Lipinski definition) is 1. The van der Waals surface area contributed by atoms with Gasteiger partial charge in [0.05, 0.1) is 23.7 Å². The molecule has 0 atom stereocenters. The second-order valence-electron chi connectivity index (χ2n) is 5.95. The monoisotopic (exact) mass is 370 g/mol. The third-order valence-electron chi connectivity index (χ3n) is 3.93. The average Bonchev–Trinajstić information content (AvgIpc) is 2.96. The van der Waals surface area contributed by atoms with Crippen LogP contribution >= 0.6 is 22.9 Å². The summed E-state index contributed by atoms with van der Waals surface area (Å²) in [5, 5.41) is 4.55. The van der Waals surface area contributed by atoms with Crippen LogP contribution in [0.25, 0.3) is 10.6 Å². The highest BCUT2D eigenvalue weighted by molar-refractivity contribution is 7.15. The minimum Gasteiger partial charge on any atom is -0.351 e. The second-order valence-corrected chi connectivity index (χ2v) is 7.44. The molecule has 0 saturated carbocycles. The van der Waals surface area contributed by atoms with Crippen molar-refractivity contribution in [2.45, 2.75) is 26.8 Å². The summed E-state index contributed by atoms with van der Waals surface area (Å²) in [4.78, 5) is 17.8. The van der Waals surface area contributed by atoms with E-state index in [9.17, 15) is 4.79 Å². The Balaban J connectivity index is 1.64. The van der Waals surface area contributed by atoms with Gasteiger partial charge in [-0.1, -0.05) is 59.6 Å². The molecule has 1 aromatic heterocycles. The fraction of sp³-hybridized carbons (Fsp3) is 0.200. The molecule has 1 N–H and O–H groups in total. The predicted octanol–water partition coefficient (Wildman–Crippen LogP) is 4.94. The summed E-state index contributed by atoms with van der Waals surface area (Å²) < 4.78 is 0. The van der Waals surface area contributed by atoms with Crippen LogP contribution in [0.3, 0.4) is 0 Å². The molecule has 1 amide bonds. The van der Waals surface area contributed by atoms with E-state index in [1.807, 2.05) is 62.4 Å². The molecule has 3 nitrogen and oxygen atoms in total. The van der Waals surface area contributed by atoms with E-state index in [-0.39, 0.29) is 5.91 Å². The molecule has 0 radical (unpaired) electrons. The highest BCUT2D eigenvalue weighted by atomic mass is 35.5. The number of carbonyl (C=O) groups is 1. The summed E-state index contributed by atoms with van der Waals surface area (Å²) in [5.74, 6) is 0.0101. The molecule has 0 saturated heterocycles. The number of nitrogens with one attached hydrogen (secondary N) is 1. The Labute approximate surface area is 156 Å². The third kappa shape index (κ3) is 4.47. The fourth-order valence-electron chi connectivity index (χ4n) is 2.47. The number of thiazole rings is 1. The number of nitrogens with zero attached hydrogens (tertiary/aromatic N) is 1. The molecule has 5 heteroatoms. The van der Waals surface area contributed by atoms with Crippen LogP contribution in [0.5, 0.6) is 0 Å². The van der Waals surface area contributed by atoms with E-state index in [0.29, 0.717) is 18.0 Å². The average molecular weight is 371 g/mol. The van der Waals surface area contributed by atoms with Gasteiger partial charge in [-0.2, -0.15) is 0 Å². The zero-order chi connectivity index (χ0) is 17.8. The van der Waals surface area contributed by atoms with E-state index < -0.39 is 0 Å². The Morgan fingerprint density at radius 1 is 1.12 bits per heavy atom. The first-order valence-corrected chi connectivity index (χ1v) is 9.26. The minimum absolute atomic E-state index is 0.0101. The van der Waals surface area contributed by atoms with Crippen LogP contribution < -0.4 is 5.32 Å². The molecular weight excluding hydrogens is 352 g/mol. The van der Waals surface area contributed by atoms with E-state index >= 15 is 0 Å². The lowest BCUT2D eigenvalue weighted by Crippen LogP contribution is -2.24.